The first kappa shape index (κ1) is 21.5. The lowest BCUT2D eigenvalue weighted by atomic mass is 10.2. The molecule has 1 aromatic rings. The minimum Gasteiger partial charge on any atom is -0.496 e. The number of benzene rings is 1. The minimum atomic E-state index is 0. The van der Waals surface area contributed by atoms with E-state index in [2.05, 4.69) is 20.9 Å². The summed E-state index contributed by atoms with van der Waals surface area (Å²) >= 11 is 0. The third-order valence-electron chi connectivity index (χ3n) is 3.08. The van der Waals surface area contributed by atoms with E-state index in [0.717, 1.165) is 24.3 Å². The third kappa shape index (κ3) is 8.63. The monoisotopic (exact) mass is 434 g/mol. The van der Waals surface area contributed by atoms with Gasteiger partial charge >= 0.3 is 0 Å². The Kier molecular flexibility index (Phi) is 12.1. The van der Waals surface area contributed by atoms with E-state index < -0.39 is 0 Å². The van der Waals surface area contributed by atoms with Crippen molar-refractivity contribution < 1.29 is 9.53 Å². The molecule has 1 amide bonds. The summed E-state index contributed by atoms with van der Waals surface area (Å²) < 4.78 is 5.31. The number of carbonyl (C=O) groups is 1. The Morgan fingerprint density at radius 1 is 1.17 bits per heavy atom. The highest BCUT2D eigenvalue weighted by Crippen LogP contribution is 2.16. The van der Waals surface area contributed by atoms with Gasteiger partial charge in [0, 0.05) is 38.7 Å². The normalized spacial score (nSPS) is 10.5. The molecule has 0 spiro atoms. The van der Waals surface area contributed by atoms with Gasteiger partial charge in [-0.1, -0.05) is 25.1 Å². The van der Waals surface area contributed by atoms with Crippen molar-refractivity contribution >= 4 is 35.8 Å². The molecule has 0 saturated heterocycles. The molecule has 0 atom stereocenters. The molecule has 7 heteroatoms. The Morgan fingerprint density at radius 3 is 2.57 bits per heavy atom. The van der Waals surface area contributed by atoms with Gasteiger partial charge < -0.3 is 20.7 Å². The molecule has 0 fully saturated rings. The van der Waals surface area contributed by atoms with E-state index in [0.29, 0.717) is 25.5 Å². The molecule has 0 aliphatic carbocycles. The third-order valence-corrected chi connectivity index (χ3v) is 3.08. The largest absolute Gasteiger partial charge is 0.496 e. The standard InChI is InChI=1S/C16H26N4O2.HI/c1-4-10-18-15(21)9-11-19-16(17-2)20-12-13-7-5-6-8-14(13)22-3;/h5-8H,4,9-12H2,1-3H3,(H,18,21)(H2,17,19,20);1H. The quantitative estimate of drug-likeness (QED) is 0.332. The average molecular weight is 434 g/mol. The second kappa shape index (κ2) is 13.0. The molecule has 0 radical (unpaired) electrons. The molecular weight excluding hydrogens is 407 g/mol. The van der Waals surface area contributed by atoms with Crippen molar-refractivity contribution in [1.82, 2.24) is 16.0 Å². The van der Waals surface area contributed by atoms with Crippen LogP contribution in [0.3, 0.4) is 0 Å². The van der Waals surface area contributed by atoms with E-state index in [1.54, 1.807) is 14.2 Å². The van der Waals surface area contributed by atoms with Gasteiger partial charge in [0.1, 0.15) is 5.75 Å². The van der Waals surface area contributed by atoms with Gasteiger partial charge in [0.2, 0.25) is 5.91 Å². The Labute approximate surface area is 155 Å². The molecule has 0 unspecified atom stereocenters. The van der Waals surface area contributed by atoms with E-state index >= 15 is 0 Å². The number of nitrogens with zero attached hydrogens (tertiary/aromatic N) is 1. The van der Waals surface area contributed by atoms with Gasteiger partial charge in [-0.15, -0.1) is 24.0 Å². The molecule has 0 aliphatic heterocycles. The number of hydrogen-bond acceptors (Lipinski definition) is 3. The molecule has 0 bridgehead atoms. The van der Waals surface area contributed by atoms with Gasteiger partial charge in [-0.2, -0.15) is 0 Å². The second-order valence-corrected chi connectivity index (χ2v) is 4.76. The van der Waals surface area contributed by atoms with Gasteiger partial charge in [0.05, 0.1) is 7.11 Å². The van der Waals surface area contributed by atoms with Crippen molar-refractivity contribution in [1.29, 1.82) is 0 Å². The molecule has 23 heavy (non-hydrogen) atoms. The van der Waals surface area contributed by atoms with E-state index in [1.807, 2.05) is 31.2 Å². The van der Waals surface area contributed by atoms with Gasteiger partial charge in [-0.3, -0.25) is 9.79 Å². The van der Waals surface area contributed by atoms with Crippen molar-refractivity contribution in [3.05, 3.63) is 29.8 Å². The maximum absolute atomic E-state index is 11.5. The Balaban J connectivity index is 0.00000484. The van der Waals surface area contributed by atoms with Crippen LogP contribution in [0.25, 0.3) is 0 Å². The molecule has 130 valence electrons. The van der Waals surface area contributed by atoms with E-state index in [1.165, 1.54) is 0 Å². The van der Waals surface area contributed by atoms with Crippen LogP contribution < -0.4 is 20.7 Å². The Hall–Kier alpha value is -1.51. The van der Waals surface area contributed by atoms with Crippen LogP contribution in [0, 0.1) is 0 Å². The molecule has 0 heterocycles. The SMILES string of the molecule is CCCNC(=O)CCNC(=NC)NCc1ccccc1OC.I. The summed E-state index contributed by atoms with van der Waals surface area (Å²) in [6.07, 6.45) is 1.37. The second-order valence-electron chi connectivity index (χ2n) is 4.76. The van der Waals surface area contributed by atoms with Crippen LogP contribution in [0.5, 0.6) is 5.75 Å². The molecule has 1 rings (SSSR count). The van der Waals surface area contributed by atoms with E-state index in [4.69, 9.17) is 4.74 Å². The number of ether oxygens (including phenoxy) is 1. The molecule has 3 N–H and O–H groups in total. The van der Waals surface area contributed by atoms with Crippen LogP contribution in [0.4, 0.5) is 0 Å². The number of para-hydroxylation sites is 1. The molecule has 6 nitrogen and oxygen atoms in total. The van der Waals surface area contributed by atoms with Crippen LogP contribution in [0.2, 0.25) is 0 Å². The zero-order chi connectivity index (χ0) is 16.2. The lowest BCUT2D eigenvalue weighted by molar-refractivity contribution is -0.120. The summed E-state index contributed by atoms with van der Waals surface area (Å²) in [6.45, 7) is 3.90. The summed E-state index contributed by atoms with van der Waals surface area (Å²) in [5, 5.41) is 9.17. The first-order valence-corrected chi connectivity index (χ1v) is 7.54. The number of nitrogens with one attached hydrogen (secondary N) is 3. The Morgan fingerprint density at radius 2 is 1.91 bits per heavy atom. The van der Waals surface area contributed by atoms with Gasteiger partial charge in [0.15, 0.2) is 5.96 Å². The first-order valence-electron chi connectivity index (χ1n) is 7.54. The summed E-state index contributed by atoms with van der Waals surface area (Å²) in [5.41, 5.74) is 1.05. The van der Waals surface area contributed by atoms with Gasteiger partial charge in [-0.25, -0.2) is 0 Å². The molecular formula is C16H27IN4O2. The smallest absolute Gasteiger partial charge is 0.221 e. The fourth-order valence-electron chi connectivity index (χ4n) is 1.90. The van der Waals surface area contributed by atoms with Gasteiger partial charge in [0.25, 0.3) is 0 Å². The fourth-order valence-corrected chi connectivity index (χ4v) is 1.90. The number of rotatable bonds is 8. The van der Waals surface area contributed by atoms with Crippen LogP contribution in [-0.4, -0.2) is 39.1 Å². The summed E-state index contributed by atoms with van der Waals surface area (Å²) in [4.78, 5) is 15.6. The zero-order valence-corrected chi connectivity index (χ0v) is 16.3. The Bertz CT molecular complexity index is 495. The van der Waals surface area contributed by atoms with Crippen molar-refractivity contribution in [3.63, 3.8) is 0 Å². The first-order chi connectivity index (χ1) is 10.7. The molecule has 0 saturated carbocycles. The van der Waals surface area contributed by atoms with Crippen molar-refractivity contribution in [2.75, 3.05) is 27.2 Å². The number of hydrogen-bond donors (Lipinski definition) is 3. The molecule has 1 aromatic carbocycles. The number of aliphatic imine (C=N–C) groups is 1. The van der Waals surface area contributed by atoms with E-state index in [-0.39, 0.29) is 29.9 Å². The van der Waals surface area contributed by atoms with Crippen LogP contribution >= 0.6 is 24.0 Å². The van der Waals surface area contributed by atoms with E-state index in [9.17, 15) is 4.79 Å². The summed E-state index contributed by atoms with van der Waals surface area (Å²) in [7, 11) is 3.36. The van der Waals surface area contributed by atoms with Crippen LogP contribution in [0.15, 0.2) is 29.3 Å². The maximum atomic E-state index is 11.5. The van der Waals surface area contributed by atoms with Gasteiger partial charge in [-0.05, 0) is 12.5 Å². The predicted molar refractivity (Wildman–Crippen MR) is 105 cm³/mol. The summed E-state index contributed by atoms with van der Waals surface area (Å²) in [5.74, 6) is 1.55. The molecule has 0 aromatic heterocycles. The highest BCUT2D eigenvalue weighted by atomic mass is 127. The maximum Gasteiger partial charge on any atom is 0.221 e. The zero-order valence-electron chi connectivity index (χ0n) is 14.0. The average Bonchev–Trinajstić information content (AvgIpc) is 2.56. The lowest BCUT2D eigenvalue weighted by Gasteiger charge is -2.13. The molecule has 0 aliphatic rings. The number of guanidine groups is 1. The van der Waals surface area contributed by atoms with Crippen LogP contribution in [0.1, 0.15) is 25.3 Å². The van der Waals surface area contributed by atoms with Crippen molar-refractivity contribution in [2.24, 2.45) is 4.99 Å². The summed E-state index contributed by atoms with van der Waals surface area (Å²) in [6, 6.07) is 7.82. The number of amides is 1. The van der Waals surface area contributed by atoms with Crippen molar-refractivity contribution in [2.45, 2.75) is 26.3 Å². The lowest BCUT2D eigenvalue weighted by Crippen LogP contribution is -2.39. The minimum absolute atomic E-state index is 0. The van der Waals surface area contributed by atoms with Crippen LogP contribution in [-0.2, 0) is 11.3 Å². The number of halogens is 1. The fraction of sp³-hybridized carbons (Fsp3) is 0.500. The number of carbonyl (C=O) groups excluding carboxylic acids is 1. The number of methoxy groups -OCH3 is 1. The highest BCUT2D eigenvalue weighted by molar-refractivity contribution is 14.0. The van der Waals surface area contributed by atoms with Crippen molar-refractivity contribution in [3.8, 4) is 5.75 Å². The highest BCUT2D eigenvalue weighted by Gasteiger charge is 2.04. The predicted octanol–water partition coefficient (Wildman–Crippen LogP) is 1.89. The topological polar surface area (TPSA) is 74.8 Å².